The minimum absolute atomic E-state index is 0.733. The van der Waals surface area contributed by atoms with E-state index in [4.69, 9.17) is 9.97 Å². The van der Waals surface area contributed by atoms with Crippen molar-refractivity contribution < 1.29 is 0 Å². The number of nitrogens with zero attached hydrogens (tertiary/aromatic N) is 2. The normalized spacial score (nSPS) is 11.7. The van der Waals surface area contributed by atoms with Crippen molar-refractivity contribution in [2.24, 2.45) is 0 Å². The molecule has 1 aromatic heterocycles. The van der Waals surface area contributed by atoms with Crippen LogP contribution in [0, 0.1) is 0 Å². The van der Waals surface area contributed by atoms with Crippen molar-refractivity contribution in [3.63, 3.8) is 0 Å². The molecular weight excluding hydrogens is 448 g/mol. The number of hydrogen-bond acceptors (Lipinski definition) is 2. The van der Waals surface area contributed by atoms with Crippen LogP contribution in [0.2, 0.25) is 0 Å². The van der Waals surface area contributed by atoms with E-state index in [1.807, 2.05) is 36.4 Å². The van der Waals surface area contributed by atoms with Gasteiger partial charge in [-0.15, -0.1) is 0 Å². The van der Waals surface area contributed by atoms with Crippen LogP contribution in [0.3, 0.4) is 0 Å². The Bertz CT molecular complexity index is 1660. The zero-order valence-corrected chi connectivity index (χ0v) is 20.3. The summed E-state index contributed by atoms with van der Waals surface area (Å²) in [4.78, 5) is 9.92. The van der Waals surface area contributed by atoms with Crippen LogP contribution in [0.25, 0.3) is 56.2 Å². The Hall–Kier alpha value is -4.82. The summed E-state index contributed by atoms with van der Waals surface area (Å²) in [6.07, 6.45) is 1.000. The van der Waals surface area contributed by atoms with E-state index in [1.165, 1.54) is 33.4 Å². The van der Waals surface area contributed by atoms with E-state index in [2.05, 4.69) is 97.1 Å². The fraction of sp³-hybridized carbons (Fsp3) is 0.0286. The number of hydrogen-bond donors (Lipinski definition) is 0. The summed E-state index contributed by atoms with van der Waals surface area (Å²) in [6, 6.07) is 46.9. The van der Waals surface area contributed by atoms with E-state index >= 15 is 0 Å². The average molecular weight is 473 g/mol. The standard InChI is InChI=1S/C35H24N2/c1-3-9-25(10-4-1)33-23-34(26-11-5-2-6-12-26)37-35(36-33)27-17-15-24(16-18-27)28-19-20-32-30(21-28)22-29-13-7-8-14-31(29)32/h1-21,23H,22H2. The first kappa shape index (κ1) is 21.5. The molecule has 37 heavy (non-hydrogen) atoms. The summed E-state index contributed by atoms with van der Waals surface area (Å²) in [6.45, 7) is 0. The van der Waals surface area contributed by atoms with E-state index in [0.29, 0.717) is 0 Å². The highest BCUT2D eigenvalue weighted by Gasteiger charge is 2.18. The Morgan fingerprint density at radius 3 is 1.59 bits per heavy atom. The van der Waals surface area contributed by atoms with E-state index < -0.39 is 0 Å². The van der Waals surface area contributed by atoms with Crippen molar-refractivity contribution in [1.82, 2.24) is 9.97 Å². The molecular formula is C35H24N2. The van der Waals surface area contributed by atoms with Crippen molar-refractivity contribution in [1.29, 1.82) is 0 Å². The van der Waals surface area contributed by atoms with Gasteiger partial charge in [-0.25, -0.2) is 9.97 Å². The molecule has 0 N–H and O–H groups in total. The number of aromatic nitrogens is 2. The molecule has 1 aliphatic carbocycles. The van der Waals surface area contributed by atoms with Gasteiger partial charge < -0.3 is 0 Å². The highest BCUT2D eigenvalue weighted by atomic mass is 14.9. The minimum atomic E-state index is 0.733. The van der Waals surface area contributed by atoms with Gasteiger partial charge in [-0.2, -0.15) is 0 Å². The lowest BCUT2D eigenvalue weighted by atomic mass is 9.98. The van der Waals surface area contributed by atoms with Crippen LogP contribution in [0.15, 0.2) is 133 Å². The number of benzene rings is 5. The maximum absolute atomic E-state index is 4.96. The first-order chi connectivity index (χ1) is 18.3. The van der Waals surface area contributed by atoms with Crippen LogP contribution in [-0.2, 0) is 6.42 Å². The fourth-order valence-electron chi connectivity index (χ4n) is 5.23. The Kier molecular flexibility index (Phi) is 5.22. The molecule has 0 bridgehead atoms. The largest absolute Gasteiger partial charge is 0.228 e. The van der Waals surface area contributed by atoms with Gasteiger partial charge in [0.1, 0.15) is 0 Å². The van der Waals surface area contributed by atoms with Crippen LogP contribution >= 0.6 is 0 Å². The molecule has 5 aromatic carbocycles. The summed E-state index contributed by atoms with van der Waals surface area (Å²) in [5.41, 5.74) is 13.0. The third-order valence-corrected chi connectivity index (χ3v) is 7.14. The molecule has 0 saturated carbocycles. The molecule has 6 aromatic rings. The van der Waals surface area contributed by atoms with E-state index in [0.717, 1.165) is 40.3 Å². The van der Waals surface area contributed by atoms with Crippen molar-refractivity contribution in [3.05, 3.63) is 145 Å². The van der Waals surface area contributed by atoms with E-state index in [9.17, 15) is 0 Å². The van der Waals surface area contributed by atoms with Crippen molar-refractivity contribution >= 4 is 0 Å². The Morgan fingerprint density at radius 2 is 0.919 bits per heavy atom. The summed E-state index contributed by atoms with van der Waals surface area (Å²) in [7, 11) is 0. The molecule has 2 heteroatoms. The predicted molar refractivity (Wildman–Crippen MR) is 152 cm³/mol. The summed E-state index contributed by atoms with van der Waals surface area (Å²) < 4.78 is 0. The van der Waals surface area contributed by atoms with Gasteiger partial charge in [0.05, 0.1) is 11.4 Å². The molecule has 0 spiro atoms. The molecule has 1 heterocycles. The summed E-state index contributed by atoms with van der Waals surface area (Å²) in [5, 5.41) is 0. The molecule has 2 nitrogen and oxygen atoms in total. The lowest BCUT2D eigenvalue weighted by Gasteiger charge is -2.10. The van der Waals surface area contributed by atoms with Gasteiger partial charge in [0.25, 0.3) is 0 Å². The average Bonchev–Trinajstić information content (AvgIpc) is 3.36. The van der Waals surface area contributed by atoms with Gasteiger partial charge in [-0.05, 0) is 45.9 Å². The van der Waals surface area contributed by atoms with Crippen LogP contribution < -0.4 is 0 Å². The molecule has 1 aliphatic rings. The van der Waals surface area contributed by atoms with Crippen LogP contribution in [0.1, 0.15) is 11.1 Å². The lowest BCUT2D eigenvalue weighted by Crippen LogP contribution is -1.96. The van der Waals surface area contributed by atoms with Gasteiger partial charge in [0, 0.05) is 16.7 Å². The molecule has 0 unspecified atom stereocenters. The van der Waals surface area contributed by atoms with Crippen molar-refractivity contribution in [2.45, 2.75) is 6.42 Å². The SMILES string of the molecule is c1ccc(-c2cc(-c3ccccc3)nc(-c3ccc(-c4ccc5c(c4)Cc4ccccc4-5)cc3)n2)cc1. The molecule has 0 fully saturated rings. The third kappa shape index (κ3) is 4.03. The second-order valence-electron chi connectivity index (χ2n) is 9.48. The zero-order chi connectivity index (χ0) is 24.6. The first-order valence-electron chi connectivity index (χ1n) is 12.6. The predicted octanol–water partition coefficient (Wildman–Crippen LogP) is 8.72. The van der Waals surface area contributed by atoms with Gasteiger partial charge in [-0.3, -0.25) is 0 Å². The topological polar surface area (TPSA) is 25.8 Å². The molecule has 0 aliphatic heterocycles. The Morgan fingerprint density at radius 1 is 0.378 bits per heavy atom. The Balaban J connectivity index is 1.26. The summed E-state index contributed by atoms with van der Waals surface area (Å²) >= 11 is 0. The molecule has 0 radical (unpaired) electrons. The smallest absolute Gasteiger partial charge is 0.160 e. The molecule has 174 valence electrons. The second kappa shape index (κ2) is 9.00. The van der Waals surface area contributed by atoms with Crippen LogP contribution in [0.4, 0.5) is 0 Å². The quantitative estimate of drug-likeness (QED) is 0.256. The minimum Gasteiger partial charge on any atom is -0.228 e. The molecule has 7 rings (SSSR count). The van der Waals surface area contributed by atoms with Gasteiger partial charge in [-0.1, -0.05) is 127 Å². The number of rotatable bonds is 4. The maximum atomic E-state index is 4.96. The van der Waals surface area contributed by atoms with Crippen molar-refractivity contribution in [2.75, 3.05) is 0 Å². The highest BCUT2D eigenvalue weighted by Crippen LogP contribution is 2.38. The maximum Gasteiger partial charge on any atom is 0.160 e. The summed E-state index contributed by atoms with van der Waals surface area (Å²) in [5.74, 6) is 0.733. The highest BCUT2D eigenvalue weighted by molar-refractivity contribution is 5.81. The molecule has 0 atom stereocenters. The monoisotopic (exact) mass is 472 g/mol. The second-order valence-corrected chi connectivity index (χ2v) is 9.48. The van der Waals surface area contributed by atoms with Gasteiger partial charge in [0.2, 0.25) is 0 Å². The molecule has 0 amide bonds. The van der Waals surface area contributed by atoms with Crippen LogP contribution in [0.5, 0.6) is 0 Å². The van der Waals surface area contributed by atoms with Gasteiger partial charge >= 0.3 is 0 Å². The molecule has 0 saturated heterocycles. The van der Waals surface area contributed by atoms with E-state index in [-0.39, 0.29) is 0 Å². The first-order valence-corrected chi connectivity index (χ1v) is 12.6. The van der Waals surface area contributed by atoms with Gasteiger partial charge in [0.15, 0.2) is 5.82 Å². The third-order valence-electron chi connectivity index (χ3n) is 7.14. The Labute approximate surface area is 217 Å². The number of fused-ring (bicyclic) bond motifs is 3. The van der Waals surface area contributed by atoms with Crippen LogP contribution in [-0.4, -0.2) is 9.97 Å². The fourth-order valence-corrected chi connectivity index (χ4v) is 5.23. The lowest BCUT2D eigenvalue weighted by molar-refractivity contribution is 1.18. The van der Waals surface area contributed by atoms with E-state index in [1.54, 1.807) is 0 Å². The van der Waals surface area contributed by atoms with Crippen molar-refractivity contribution in [3.8, 4) is 56.2 Å². The zero-order valence-electron chi connectivity index (χ0n) is 20.3.